The van der Waals surface area contributed by atoms with Crippen LogP contribution >= 0.6 is 23.2 Å². The Kier molecular flexibility index (Phi) is 5.28. The number of nitrogens with one attached hydrogen (secondary N) is 1. The molecule has 0 aromatic carbocycles. The summed E-state index contributed by atoms with van der Waals surface area (Å²) >= 11 is 11.7. The van der Waals surface area contributed by atoms with E-state index < -0.39 is 0 Å². The molecule has 1 heterocycles. The summed E-state index contributed by atoms with van der Waals surface area (Å²) in [5.41, 5.74) is 0.475. The fraction of sp³-hybridized carbons (Fsp3) is 0.600. The van der Waals surface area contributed by atoms with Gasteiger partial charge in [0, 0.05) is 11.6 Å². The van der Waals surface area contributed by atoms with Crippen LogP contribution in [0.2, 0.25) is 10.3 Å². The first kappa shape index (κ1) is 15.6. The van der Waals surface area contributed by atoms with Crippen LogP contribution in [0.4, 0.5) is 0 Å². The summed E-state index contributed by atoms with van der Waals surface area (Å²) in [6.45, 7) is 4.44. The van der Waals surface area contributed by atoms with Crippen molar-refractivity contribution in [2.24, 2.45) is 11.8 Å². The predicted octanol–water partition coefficient (Wildman–Crippen LogP) is 4.33. The Bertz CT molecular complexity index is 471. The first-order valence-corrected chi connectivity index (χ1v) is 7.87. The van der Waals surface area contributed by atoms with E-state index in [1.807, 2.05) is 0 Å². The average Bonchev–Trinajstić information content (AvgIpc) is 2.37. The van der Waals surface area contributed by atoms with E-state index >= 15 is 0 Å². The van der Waals surface area contributed by atoms with Crippen molar-refractivity contribution >= 4 is 29.1 Å². The molecule has 1 aromatic heterocycles. The van der Waals surface area contributed by atoms with Gasteiger partial charge in [0.2, 0.25) is 0 Å². The van der Waals surface area contributed by atoms with Crippen molar-refractivity contribution in [2.75, 3.05) is 0 Å². The quantitative estimate of drug-likeness (QED) is 0.843. The van der Waals surface area contributed by atoms with E-state index in [0.29, 0.717) is 17.4 Å². The van der Waals surface area contributed by atoms with Crippen LogP contribution in [-0.2, 0) is 0 Å². The second-order valence-electron chi connectivity index (χ2n) is 5.77. The molecule has 1 saturated carbocycles. The third-order valence-electron chi connectivity index (χ3n) is 4.02. The number of rotatable bonds is 3. The van der Waals surface area contributed by atoms with E-state index in [4.69, 9.17) is 23.2 Å². The Labute approximate surface area is 130 Å². The second-order valence-corrected chi connectivity index (χ2v) is 6.55. The molecule has 20 heavy (non-hydrogen) atoms. The summed E-state index contributed by atoms with van der Waals surface area (Å²) in [5, 5.41) is 3.62. The summed E-state index contributed by atoms with van der Waals surface area (Å²) in [5.74, 6) is 0.999. The van der Waals surface area contributed by atoms with Crippen LogP contribution in [0.25, 0.3) is 0 Å². The number of pyridine rings is 1. The topological polar surface area (TPSA) is 42.0 Å². The zero-order chi connectivity index (χ0) is 14.7. The molecular formula is C15H20Cl2N2O. The van der Waals surface area contributed by atoms with Crippen molar-refractivity contribution in [2.45, 2.75) is 45.6 Å². The van der Waals surface area contributed by atoms with Crippen LogP contribution in [0.5, 0.6) is 0 Å². The predicted molar refractivity (Wildman–Crippen MR) is 82.3 cm³/mol. The highest BCUT2D eigenvalue weighted by Crippen LogP contribution is 2.30. The molecule has 0 radical (unpaired) electrons. The van der Waals surface area contributed by atoms with E-state index in [9.17, 15) is 4.79 Å². The Morgan fingerprint density at radius 3 is 2.45 bits per heavy atom. The molecule has 5 heteroatoms. The number of aromatic nitrogens is 1. The van der Waals surface area contributed by atoms with Gasteiger partial charge in [-0.05, 0) is 36.8 Å². The fourth-order valence-electron chi connectivity index (χ4n) is 2.98. The minimum absolute atomic E-state index is 0.117. The highest BCUT2D eigenvalue weighted by molar-refractivity contribution is 6.33. The molecule has 0 aliphatic heterocycles. The third-order valence-corrected chi connectivity index (χ3v) is 4.40. The van der Waals surface area contributed by atoms with Gasteiger partial charge in [-0.25, -0.2) is 4.98 Å². The number of hydrogen-bond donors (Lipinski definition) is 1. The minimum Gasteiger partial charge on any atom is -0.349 e. The molecule has 1 aromatic rings. The average molecular weight is 315 g/mol. The van der Waals surface area contributed by atoms with Crippen molar-refractivity contribution in [3.05, 3.63) is 28.0 Å². The number of hydrogen-bond acceptors (Lipinski definition) is 2. The molecular weight excluding hydrogens is 295 g/mol. The highest BCUT2D eigenvalue weighted by Gasteiger charge is 2.28. The molecule has 1 aliphatic rings. The second kappa shape index (κ2) is 6.77. The van der Waals surface area contributed by atoms with Crippen LogP contribution in [-0.4, -0.2) is 16.9 Å². The molecule has 2 rings (SSSR count). The lowest BCUT2D eigenvalue weighted by atomic mass is 9.78. The molecule has 110 valence electrons. The number of carbonyl (C=O) groups excluding carboxylic acids is 1. The summed E-state index contributed by atoms with van der Waals surface area (Å²) in [7, 11) is 0. The van der Waals surface area contributed by atoms with E-state index in [0.717, 1.165) is 6.42 Å². The number of nitrogens with zero attached hydrogens (tertiary/aromatic N) is 1. The monoisotopic (exact) mass is 314 g/mol. The van der Waals surface area contributed by atoms with Crippen LogP contribution in [0.1, 0.15) is 49.9 Å². The van der Waals surface area contributed by atoms with Crippen molar-refractivity contribution < 1.29 is 4.79 Å². The van der Waals surface area contributed by atoms with Gasteiger partial charge in [-0.1, -0.05) is 49.9 Å². The maximum Gasteiger partial charge on any atom is 0.251 e. The van der Waals surface area contributed by atoms with E-state index in [2.05, 4.69) is 24.1 Å². The van der Waals surface area contributed by atoms with Gasteiger partial charge in [0.25, 0.3) is 5.91 Å². The van der Waals surface area contributed by atoms with Gasteiger partial charge in [-0.15, -0.1) is 0 Å². The minimum atomic E-state index is -0.117. The number of amides is 1. The lowest BCUT2D eigenvalue weighted by molar-refractivity contribution is 0.0889. The smallest absolute Gasteiger partial charge is 0.251 e. The van der Waals surface area contributed by atoms with E-state index in [1.54, 1.807) is 12.1 Å². The standard InChI is InChI=1S/C15H20Cl2N2O/c1-9(2)11-5-3-4-6-12(11)18-15(20)10-7-13(16)19-14(17)8-10/h7-9,11-12H,3-6H2,1-2H3,(H,18,20). The number of halogens is 2. The molecule has 0 spiro atoms. The largest absolute Gasteiger partial charge is 0.349 e. The van der Waals surface area contributed by atoms with Crippen LogP contribution in [0, 0.1) is 11.8 Å². The summed E-state index contributed by atoms with van der Waals surface area (Å²) in [4.78, 5) is 16.2. The Balaban J connectivity index is 2.09. The van der Waals surface area contributed by atoms with Gasteiger partial charge < -0.3 is 5.32 Å². The van der Waals surface area contributed by atoms with E-state index in [-0.39, 0.29) is 22.3 Å². The highest BCUT2D eigenvalue weighted by atomic mass is 35.5. The normalized spacial score (nSPS) is 22.9. The van der Waals surface area contributed by atoms with Gasteiger partial charge >= 0.3 is 0 Å². The maximum absolute atomic E-state index is 12.3. The van der Waals surface area contributed by atoms with Gasteiger partial charge in [0.1, 0.15) is 10.3 Å². The molecule has 1 amide bonds. The van der Waals surface area contributed by atoms with Gasteiger partial charge in [-0.2, -0.15) is 0 Å². The SMILES string of the molecule is CC(C)C1CCCCC1NC(=O)c1cc(Cl)nc(Cl)c1. The Morgan fingerprint density at radius 2 is 1.85 bits per heavy atom. The zero-order valence-electron chi connectivity index (χ0n) is 11.8. The summed E-state index contributed by atoms with van der Waals surface area (Å²) in [6, 6.07) is 3.34. The molecule has 1 aliphatic carbocycles. The van der Waals surface area contributed by atoms with Crippen molar-refractivity contribution in [3.63, 3.8) is 0 Å². The first-order valence-electron chi connectivity index (χ1n) is 7.11. The molecule has 2 unspecified atom stereocenters. The van der Waals surface area contributed by atoms with Crippen molar-refractivity contribution in [1.82, 2.24) is 10.3 Å². The van der Waals surface area contributed by atoms with Crippen LogP contribution in [0.15, 0.2) is 12.1 Å². The molecule has 0 saturated heterocycles. The maximum atomic E-state index is 12.3. The third kappa shape index (κ3) is 3.86. The summed E-state index contributed by atoms with van der Waals surface area (Å²) in [6.07, 6.45) is 4.65. The van der Waals surface area contributed by atoms with E-state index in [1.165, 1.54) is 19.3 Å². The zero-order valence-corrected chi connectivity index (χ0v) is 13.3. The molecule has 1 fully saturated rings. The van der Waals surface area contributed by atoms with Crippen molar-refractivity contribution in [1.29, 1.82) is 0 Å². The summed E-state index contributed by atoms with van der Waals surface area (Å²) < 4.78 is 0. The Morgan fingerprint density at radius 1 is 1.25 bits per heavy atom. The molecule has 3 nitrogen and oxygen atoms in total. The van der Waals surface area contributed by atoms with Gasteiger partial charge in [0.05, 0.1) is 0 Å². The van der Waals surface area contributed by atoms with Gasteiger partial charge in [-0.3, -0.25) is 4.79 Å². The molecule has 0 bridgehead atoms. The van der Waals surface area contributed by atoms with Gasteiger partial charge in [0.15, 0.2) is 0 Å². The molecule has 2 atom stereocenters. The number of carbonyl (C=O) groups is 1. The Hall–Kier alpha value is -0.800. The first-order chi connectivity index (χ1) is 9.47. The van der Waals surface area contributed by atoms with Crippen LogP contribution < -0.4 is 5.32 Å². The fourth-order valence-corrected chi connectivity index (χ4v) is 3.44. The lowest BCUT2D eigenvalue weighted by Crippen LogP contribution is -2.43. The van der Waals surface area contributed by atoms with Crippen molar-refractivity contribution in [3.8, 4) is 0 Å². The lowest BCUT2D eigenvalue weighted by Gasteiger charge is -2.34. The van der Waals surface area contributed by atoms with Crippen LogP contribution in [0.3, 0.4) is 0 Å². The molecule has 1 N–H and O–H groups in total.